The van der Waals surface area contributed by atoms with E-state index in [1.54, 1.807) is 5.38 Å². The largest absolute Gasteiger partial charge is 0.507 e. The predicted octanol–water partition coefficient (Wildman–Crippen LogP) is 2.78. The van der Waals surface area contributed by atoms with Crippen molar-refractivity contribution in [3.05, 3.63) is 28.5 Å². The van der Waals surface area contributed by atoms with Crippen LogP contribution in [-0.2, 0) is 4.79 Å². The lowest BCUT2D eigenvalue weighted by Crippen LogP contribution is -2.20. The van der Waals surface area contributed by atoms with Crippen molar-refractivity contribution in [3.63, 3.8) is 0 Å². The van der Waals surface area contributed by atoms with E-state index in [1.165, 1.54) is 22.8 Å². The van der Waals surface area contributed by atoms with Crippen LogP contribution in [0.15, 0.2) is 22.9 Å². The third kappa shape index (κ3) is 2.59. The van der Waals surface area contributed by atoms with Gasteiger partial charge in [0.15, 0.2) is 0 Å². The zero-order chi connectivity index (χ0) is 10.8. The molecular weight excluding hydrogens is 217 g/mol. The summed E-state index contributed by atoms with van der Waals surface area (Å²) in [6.07, 6.45) is -4.77. The molecule has 0 aromatic carbocycles. The van der Waals surface area contributed by atoms with Crippen molar-refractivity contribution in [2.24, 2.45) is 0 Å². The van der Waals surface area contributed by atoms with Crippen LogP contribution in [0.3, 0.4) is 0 Å². The Balaban J connectivity index is 2.85. The van der Waals surface area contributed by atoms with Crippen molar-refractivity contribution in [3.8, 4) is 0 Å². The van der Waals surface area contributed by atoms with Gasteiger partial charge in [-0.25, -0.2) is 0 Å². The molecule has 1 heterocycles. The first-order valence-corrected chi connectivity index (χ1v) is 4.40. The van der Waals surface area contributed by atoms with Crippen molar-refractivity contribution in [2.75, 3.05) is 0 Å². The lowest BCUT2D eigenvalue weighted by Gasteiger charge is -2.00. The smallest absolute Gasteiger partial charge is 0.454 e. The van der Waals surface area contributed by atoms with Crippen LogP contribution >= 0.6 is 11.3 Å². The molecule has 14 heavy (non-hydrogen) atoms. The molecule has 1 aromatic rings. The van der Waals surface area contributed by atoms with E-state index < -0.39 is 17.7 Å². The van der Waals surface area contributed by atoms with E-state index >= 15 is 0 Å². The summed E-state index contributed by atoms with van der Waals surface area (Å²) in [4.78, 5) is 10.4. The maximum Gasteiger partial charge on any atom is 0.454 e. The maximum absolute atomic E-state index is 11.7. The molecule has 1 aromatic heterocycles. The molecule has 0 saturated heterocycles. The normalized spacial score (nSPS) is 12.9. The third-order valence-corrected chi connectivity index (χ3v) is 2.05. The molecule has 0 saturated carbocycles. The standard InChI is InChI=1S/C8H5F3O2S/c9-8(10,11)7(13)3-6(12)5-1-2-14-4-5/h1-4,12H. The molecule has 0 spiro atoms. The van der Waals surface area contributed by atoms with Crippen LogP contribution in [0.25, 0.3) is 5.76 Å². The molecule has 0 aliphatic carbocycles. The number of hydrogen-bond acceptors (Lipinski definition) is 3. The highest BCUT2D eigenvalue weighted by molar-refractivity contribution is 7.08. The lowest BCUT2D eigenvalue weighted by molar-refractivity contribution is -0.165. The number of carbonyl (C=O) groups excluding carboxylic acids is 1. The van der Waals surface area contributed by atoms with Crippen molar-refractivity contribution < 1.29 is 23.1 Å². The van der Waals surface area contributed by atoms with Gasteiger partial charge in [-0.05, 0) is 11.4 Å². The first-order valence-electron chi connectivity index (χ1n) is 3.45. The molecule has 0 aliphatic heterocycles. The number of alkyl halides is 3. The van der Waals surface area contributed by atoms with Crippen LogP contribution in [-0.4, -0.2) is 17.1 Å². The van der Waals surface area contributed by atoms with E-state index in [4.69, 9.17) is 5.11 Å². The van der Waals surface area contributed by atoms with Crippen molar-refractivity contribution >= 4 is 22.9 Å². The summed E-state index contributed by atoms with van der Waals surface area (Å²) >= 11 is 1.21. The number of carbonyl (C=O) groups is 1. The second-order valence-corrected chi connectivity index (χ2v) is 3.18. The highest BCUT2D eigenvalue weighted by atomic mass is 32.1. The van der Waals surface area contributed by atoms with E-state index in [0.29, 0.717) is 0 Å². The monoisotopic (exact) mass is 222 g/mol. The molecule has 0 fully saturated rings. The molecule has 6 heteroatoms. The zero-order valence-electron chi connectivity index (χ0n) is 6.71. The van der Waals surface area contributed by atoms with Crippen LogP contribution in [0, 0.1) is 0 Å². The van der Waals surface area contributed by atoms with E-state index in [-0.39, 0.29) is 11.6 Å². The number of allylic oxidation sites excluding steroid dienone is 1. The first kappa shape index (κ1) is 10.8. The van der Waals surface area contributed by atoms with E-state index in [0.717, 1.165) is 0 Å². The molecule has 0 aliphatic rings. The highest BCUT2D eigenvalue weighted by Gasteiger charge is 2.36. The van der Waals surface area contributed by atoms with Crippen LogP contribution in [0.1, 0.15) is 5.56 Å². The number of hydrogen-bond donors (Lipinski definition) is 1. The number of rotatable bonds is 2. The van der Waals surface area contributed by atoms with E-state index in [1.807, 2.05) is 0 Å². The second-order valence-electron chi connectivity index (χ2n) is 2.40. The minimum Gasteiger partial charge on any atom is -0.507 e. The summed E-state index contributed by atoms with van der Waals surface area (Å²) in [6.45, 7) is 0. The van der Waals surface area contributed by atoms with Crippen LogP contribution < -0.4 is 0 Å². The molecule has 76 valence electrons. The fourth-order valence-corrected chi connectivity index (χ4v) is 1.35. The van der Waals surface area contributed by atoms with Gasteiger partial charge >= 0.3 is 6.18 Å². The van der Waals surface area contributed by atoms with Crippen molar-refractivity contribution in [1.82, 2.24) is 0 Å². The molecule has 0 atom stereocenters. The van der Waals surface area contributed by atoms with E-state index in [2.05, 4.69) is 0 Å². The Labute approximate surface area is 81.3 Å². The quantitative estimate of drug-likeness (QED) is 0.617. The summed E-state index contributed by atoms with van der Waals surface area (Å²) in [5.41, 5.74) is 0.201. The van der Waals surface area contributed by atoms with E-state index in [9.17, 15) is 18.0 Å². The second kappa shape index (κ2) is 3.83. The fourth-order valence-electron chi connectivity index (χ4n) is 0.700. The first-order chi connectivity index (χ1) is 6.41. The van der Waals surface area contributed by atoms with Gasteiger partial charge in [-0.1, -0.05) is 0 Å². The van der Waals surface area contributed by atoms with Gasteiger partial charge in [-0.2, -0.15) is 24.5 Å². The number of aliphatic hydroxyl groups excluding tert-OH is 1. The molecule has 1 rings (SSSR count). The van der Waals surface area contributed by atoms with Gasteiger partial charge in [-0.3, -0.25) is 4.79 Å². The molecule has 0 unspecified atom stereocenters. The van der Waals surface area contributed by atoms with Crippen LogP contribution in [0.2, 0.25) is 0 Å². The highest BCUT2D eigenvalue weighted by Crippen LogP contribution is 2.20. The van der Waals surface area contributed by atoms with Gasteiger partial charge in [-0.15, -0.1) is 0 Å². The minimum absolute atomic E-state index is 0.169. The molecule has 0 bridgehead atoms. The maximum atomic E-state index is 11.7. The Morgan fingerprint density at radius 2 is 2.14 bits per heavy atom. The number of aliphatic hydroxyl groups is 1. The van der Waals surface area contributed by atoms with Crippen LogP contribution in [0.5, 0.6) is 0 Å². The number of ketones is 1. The molecule has 1 N–H and O–H groups in total. The number of halogens is 3. The summed E-state index contributed by atoms with van der Waals surface area (Å²) in [7, 11) is 0. The van der Waals surface area contributed by atoms with Crippen LogP contribution in [0.4, 0.5) is 13.2 Å². The van der Waals surface area contributed by atoms with Crippen molar-refractivity contribution in [2.45, 2.75) is 6.18 Å². The SMILES string of the molecule is O=C(C=C(O)c1ccsc1)C(F)(F)F. The average Bonchev–Trinajstić information content (AvgIpc) is 2.53. The van der Waals surface area contributed by atoms with Gasteiger partial charge in [0.25, 0.3) is 5.78 Å². The third-order valence-electron chi connectivity index (χ3n) is 1.36. The minimum atomic E-state index is -4.94. The molecular formula is C8H5F3O2S. The lowest BCUT2D eigenvalue weighted by atomic mass is 10.2. The summed E-state index contributed by atoms with van der Waals surface area (Å²) in [5.74, 6) is -2.74. The molecule has 2 nitrogen and oxygen atoms in total. The molecule has 0 amide bonds. The molecule has 0 radical (unpaired) electrons. The summed E-state index contributed by atoms with van der Waals surface area (Å²) in [5, 5.41) is 12.1. The Kier molecular flexibility index (Phi) is 2.95. The van der Waals surface area contributed by atoms with Crippen molar-refractivity contribution in [1.29, 1.82) is 0 Å². The number of thiophene rings is 1. The summed E-state index contributed by atoms with van der Waals surface area (Å²) in [6, 6.07) is 1.42. The summed E-state index contributed by atoms with van der Waals surface area (Å²) < 4.78 is 35.2. The predicted molar refractivity (Wildman–Crippen MR) is 46.0 cm³/mol. The van der Waals surface area contributed by atoms with Gasteiger partial charge in [0.05, 0.1) is 0 Å². The van der Waals surface area contributed by atoms with Gasteiger partial charge in [0.2, 0.25) is 0 Å². The van der Waals surface area contributed by atoms with Gasteiger partial charge < -0.3 is 5.11 Å². The average molecular weight is 222 g/mol. The topological polar surface area (TPSA) is 37.3 Å². The van der Waals surface area contributed by atoms with Gasteiger partial charge in [0.1, 0.15) is 5.76 Å². The Morgan fingerprint density at radius 1 is 1.50 bits per heavy atom. The zero-order valence-corrected chi connectivity index (χ0v) is 7.52. The Hall–Kier alpha value is -1.30. The van der Waals surface area contributed by atoms with Gasteiger partial charge in [0, 0.05) is 17.0 Å². The Bertz CT molecular complexity index is 351. The Morgan fingerprint density at radius 3 is 2.57 bits per heavy atom. The fraction of sp³-hybridized carbons (Fsp3) is 0.125.